The highest BCUT2D eigenvalue weighted by Gasteiger charge is 2.13. The fraction of sp³-hybridized carbons (Fsp3) is 0.188. The van der Waals surface area contributed by atoms with Crippen molar-refractivity contribution in [1.82, 2.24) is 0 Å². The number of hydrogen-bond donors (Lipinski definition) is 2. The Labute approximate surface area is 112 Å². The van der Waals surface area contributed by atoms with Crippen molar-refractivity contribution >= 4 is 17.3 Å². The molecule has 0 spiro atoms. The molecule has 0 aromatic heterocycles. The number of benzene rings is 2. The van der Waals surface area contributed by atoms with Crippen molar-refractivity contribution < 1.29 is 4.79 Å². The number of nitrogens with one attached hydrogen (secondary N) is 2. The van der Waals surface area contributed by atoms with Gasteiger partial charge in [0, 0.05) is 23.5 Å². The Hall–Kier alpha value is -2.29. The smallest absolute Gasteiger partial charge is 0.255 e. The summed E-state index contributed by atoms with van der Waals surface area (Å²) in [5.74, 6) is -0.0675. The molecular weight excluding hydrogens is 236 g/mol. The molecule has 0 radical (unpaired) electrons. The number of anilines is 2. The summed E-state index contributed by atoms with van der Waals surface area (Å²) >= 11 is 0. The molecule has 3 nitrogen and oxygen atoms in total. The summed E-state index contributed by atoms with van der Waals surface area (Å²) in [5, 5.41) is 6.21. The van der Waals surface area contributed by atoms with Crippen molar-refractivity contribution in [2.45, 2.75) is 13.3 Å². The van der Waals surface area contributed by atoms with E-state index >= 15 is 0 Å². The number of hydrogen-bond acceptors (Lipinski definition) is 2. The van der Waals surface area contributed by atoms with Gasteiger partial charge in [-0.3, -0.25) is 4.79 Å². The molecule has 0 saturated heterocycles. The third kappa shape index (κ3) is 2.45. The van der Waals surface area contributed by atoms with Crippen molar-refractivity contribution in [2.75, 3.05) is 17.2 Å². The summed E-state index contributed by atoms with van der Waals surface area (Å²) in [5.41, 5.74) is 5.02. The van der Waals surface area contributed by atoms with E-state index in [9.17, 15) is 4.79 Å². The van der Waals surface area contributed by atoms with Gasteiger partial charge in [0.25, 0.3) is 5.91 Å². The molecule has 2 aromatic rings. The molecular formula is C16H16N2O. The molecule has 1 aliphatic rings. The van der Waals surface area contributed by atoms with Gasteiger partial charge in [-0.1, -0.05) is 18.2 Å². The SMILES string of the molecule is Cc1cccc(NC(=O)c2ccc3c(c2)NCC3)c1. The van der Waals surface area contributed by atoms with Gasteiger partial charge in [0.15, 0.2) is 0 Å². The number of aryl methyl sites for hydroxylation is 1. The lowest BCUT2D eigenvalue weighted by molar-refractivity contribution is 0.102. The van der Waals surface area contributed by atoms with E-state index in [1.54, 1.807) is 0 Å². The minimum atomic E-state index is -0.0675. The van der Waals surface area contributed by atoms with Crippen molar-refractivity contribution in [3.8, 4) is 0 Å². The van der Waals surface area contributed by atoms with Crippen LogP contribution >= 0.6 is 0 Å². The second-order valence-electron chi connectivity index (χ2n) is 4.87. The summed E-state index contributed by atoms with van der Waals surface area (Å²) in [4.78, 5) is 12.2. The van der Waals surface area contributed by atoms with Crippen LogP contribution in [0.4, 0.5) is 11.4 Å². The lowest BCUT2D eigenvalue weighted by atomic mass is 10.1. The molecule has 1 amide bonds. The normalized spacial score (nSPS) is 12.7. The molecule has 0 unspecified atom stereocenters. The van der Waals surface area contributed by atoms with Crippen LogP contribution in [0.15, 0.2) is 42.5 Å². The fourth-order valence-electron chi connectivity index (χ4n) is 2.36. The summed E-state index contributed by atoms with van der Waals surface area (Å²) in [6, 6.07) is 13.6. The average Bonchev–Trinajstić information content (AvgIpc) is 2.85. The molecule has 0 atom stereocenters. The Morgan fingerprint density at radius 3 is 2.95 bits per heavy atom. The van der Waals surface area contributed by atoms with E-state index in [0.717, 1.165) is 29.9 Å². The second kappa shape index (κ2) is 4.76. The first-order chi connectivity index (χ1) is 9.22. The average molecular weight is 252 g/mol. The molecule has 3 rings (SSSR count). The third-order valence-corrected chi connectivity index (χ3v) is 3.36. The first kappa shape index (κ1) is 11.8. The standard InChI is InChI=1S/C16H16N2O/c1-11-3-2-4-14(9-11)18-16(19)13-6-5-12-7-8-17-15(12)10-13/h2-6,9-10,17H,7-8H2,1H3,(H,18,19). The van der Waals surface area contributed by atoms with Crippen LogP contribution in [0, 0.1) is 6.92 Å². The zero-order valence-corrected chi connectivity index (χ0v) is 10.9. The number of fused-ring (bicyclic) bond motifs is 1. The molecule has 0 aliphatic carbocycles. The summed E-state index contributed by atoms with van der Waals surface area (Å²) in [7, 11) is 0. The first-order valence-corrected chi connectivity index (χ1v) is 6.47. The van der Waals surface area contributed by atoms with Crippen LogP contribution in [-0.4, -0.2) is 12.5 Å². The van der Waals surface area contributed by atoms with Gasteiger partial charge >= 0.3 is 0 Å². The Bertz CT molecular complexity index is 634. The zero-order valence-electron chi connectivity index (χ0n) is 10.9. The fourth-order valence-corrected chi connectivity index (χ4v) is 2.36. The highest BCUT2D eigenvalue weighted by atomic mass is 16.1. The van der Waals surface area contributed by atoms with Crippen LogP contribution in [0.3, 0.4) is 0 Å². The molecule has 0 saturated carbocycles. The van der Waals surface area contributed by atoms with Crippen LogP contribution in [0.1, 0.15) is 21.5 Å². The van der Waals surface area contributed by atoms with Gasteiger partial charge in [0.05, 0.1) is 0 Å². The van der Waals surface area contributed by atoms with Gasteiger partial charge in [0.1, 0.15) is 0 Å². The van der Waals surface area contributed by atoms with E-state index in [1.165, 1.54) is 5.56 Å². The predicted octanol–water partition coefficient (Wildman–Crippen LogP) is 3.22. The highest BCUT2D eigenvalue weighted by molar-refractivity contribution is 6.05. The van der Waals surface area contributed by atoms with Crippen molar-refractivity contribution in [2.24, 2.45) is 0 Å². The number of rotatable bonds is 2. The molecule has 2 aromatic carbocycles. The van der Waals surface area contributed by atoms with E-state index in [0.29, 0.717) is 5.56 Å². The molecule has 0 bridgehead atoms. The molecule has 3 heteroatoms. The van der Waals surface area contributed by atoms with Gasteiger partial charge in [0.2, 0.25) is 0 Å². The number of carbonyl (C=O) groups excluding carboxylic acids is 1. The maximum absolute atomic E-state index is 12.2. The molecule has 0 fully saturated rings. The monoisotopic (exact) mass is 252 g/mol. The van der Waals surface area contributed by atoms with Gasteiger partial charge in [-0.25, -0.2) is 0 Å². The van der Waals surface area contributed by atoms with E-state index in [-0.39, 0.29) is 5.91 Å². The Balaban J connectivity index is 1.81. The molecule has 1 heterocycles. The molecule has 1 aliphatic heterocycles. The third-order valence-electron chi connectivity index (χ3n) is 3.36. The summed E-state index contributed by atoms with van der Waals surface area (Å²) in [6.07, 6.45) is 1.04. The maximum atomic E-state index is 12.2. The van der Waals surface area contributed by atoms with Gasteiger partial charge in [-0.15, -0.1) is 0 Å². The highest BCUT2D eigenvalue weighted by Crippen LogP contribution is 2.23. The molecule has 96 valence electrons. The second-order valence-corrected chi connectivity index (χ2v) is 4.87. The summed E-state index contributed by atoms with van der Waals surface area (Å²) < 4.78 is 0. The van der Waals surface area contributed by atoms with E-state index in [1.807, 2.05) is 49.4 Å². The molecule has 2 N–H and O–H groups in total. The van der Waals surface area contributed by atoms with E-state index < -0.39 is 0 Å². The first-order valence-electron chi connectivity index (χ1n) is 6.47. The Kier molecular flexibility index (Phi) is 2.95. The Morgan fingerprint density at radius 2 is 2.11 bits per heavy atom. The van der Waals surface area contributed by atoms with E-state index in [2.05, 4.69) is 10.6 Å². The predicted molar refractivity (Wildman–Crippen MR) is 77.8 cm³/mol. The van der Waals surface area contributed by atoms with Gasteiger partial charge in [-0.05, 0) is 48.7 Å². The van der Waals surface area contributed by atoms with Crippen molar-refractivity contribution in [3.05, 3.63) is 59.2 Å². The van der Waals surface area contributed by atoms with Crippen LogP contribution in [0.5, 0.6) is 0 Å². The Morgan fingerprint density at radius 1 is 1.21 bits per heavy atom. The minimum Gasteiger partial charge on any atom is -0.384 e. The lowest BCUT2D eigenvalue weighted by Gasteiger charge is -2.07. The summed E-state index contributed by atoms with van der Waals surface area (Å²) in [6.45, 7) is 2.97. The van der Waals surface area contributed by atoms with Crippen molar-refractivity contribution in [3.63, 3.8) is 0 Å². The van der Waals surface area contributed by atoms with Crippen LogP contribution < -0.4 is 10.6 Å². The largest absolute Gasteiger partial charge is 0.384 e. The van der Waals surface area contributed by atoms with Crippen LogP contribution in [-0.2, 0) is 6.42 Å². The minimum absolute atomic E-state index is 0.0675. The van der Waals surface area contributed by atoms with Crippen LogP contribution in [0.25, 0.3) is 0 Å². The maximum Gasteiger partial charge on any atom is 0.255 e. The van der Waals surface area contributed by atoms with Crippen molar-refractivity contribution in [1.29, 1.82) is 0 Å². The quantitative estimate of drug-likeness (QED) is 0.861. The number of amides is 1. The molecule has 19 heavy (non-hydrogen) atoms. The zero-order chi connectivity index (χ0) is 13.2. The topological polar surface area (TPSA) is 41.1 Å². The van der Waals surface area contributed by atoms with E-state index in [4.69, 9.17) is 0 Å². The lowest BCUT2D eigenvalue weighted by Crippen LogP contribution is -2.12. The van der Waals surface area contributed by atoms with Crippen LogP contribution in [0.2, 0.25) is 0 Å². The number of carbonyl (C=O) groups is 1. The van der Waals surface area contributed by atoms with Gasteiger partial charge < -0.3 is 10.6 Å². The van der Waals surface area contributed by atoms with Gasteiger partial charge in [-0.2, -0.15) is 0 Å².